The Bertz CT molecular complexity index is 1150. The van der Waals surface area contributed by atoms with Crippen LogP contribution in [0.25, 0.3) is 22.2 Å². The molecular weight excluding hydrogens is 336 g/mol. The Morgan fingerprint density at radius 1 is 1.07 bits per heavy atom. The van der Waals surface area contributed by atoms with Crippen molar-refractivity contribution in [2.75, 3.05) is 0 Å². The van der Waals surface area contributed by atoms with E-state index in [1.54, 1.807) is 11.1 Å². The van der Waals surface area contributed by atoms with Gasteiger partial charge in [-0.25, -0.2) is 4.79 Å². The Kier molecular flexibility index (Phi) is 3.47. The van der Waals surface area contributed by atoms with Crippen molar-refractivity contribution in [1.82, 2.24) is 14.9 Å². The molecule has 0 fully saturated rings. The average molecular weight is 354 g/mol. The van der Waals surface area contributed by atoms with Gasteiger partial charge in [-0.2, -0.15) is 0 Å². The zero-order valence-electron chi connectivity index (χ0n) is 14.6. The number of primary amides is 1. The van der Waals surface area contributed by atoms with Gasteiger partial charge in [-0.15, -0.1) is 0 Å². The zero-order chi connectivity index (χ0) is 18.4. The van der Waals surface area contributed by atoms with E-state index < -0.39 is 6.03 Å². The second kappa shape index (κ2) is 5.99. The van der Waals surface area contributed by atoms with Crippen LogP contribution in [0.1, 0.15) is 22.7 Å². The lowest BCUT2D eigenvalue weighted by Gasteiger charge is -2.23. The van der Waals surface area contributed by atoms with Gasteiger partial charge in [-0.05, 0) is 35.4 Å². The summed E-state index contributed by atoms with van der Waals surface area (Å²) in [5, 5.41) is 1.11. The molecule has 5 nitrogen and oxygen atoms in total. The summed E-state index contributed by atoms with van der Waals surface area (Å²) < 4.78 is 0. The number of hydrogen-bond acceptors (Lipinski definition) is 2. The van der Waals surface area contributed by atoms with Crippen LogP contribution < -0.4 is 5.73 Å². The topological polar surface area (TPSA) is 75.0 Å². The first-order valence-electron chi connectivity index (χ1n) is 8.88. The molecule has 1 unspecified atom stereocenters. The van der Waals surface area contributed by atoms with Crippen LogP contribution >= 0.6 is 0 Å². The fraction of sp³-hybridized carbons (Fsp3) is 0.0909. The molecule has 0 saturated carbocycles. The van der Waals surface area contributed by atoms with Crippen LogP contribution in [0.3, 0.4) is 0 Å². The molecule has 27 heavy (non-hydrogen) atoms. The third-order valence-electron chi connectivity index (χ3n) is 5.25. The number of carbonyl (C=O) groups is 1. The highest BCUT2D eigenvalue weighted by molar-refractivity contribution is 5.86. The van der Waals surface area contributed by atoms with E-state index in [2.05, 4.69) is 34.2 Å². The van der Waals surface area contributed by atoms with E-state index in [0.29, 0.717) is 6.54 Å². The van der Waals surface area contributed by atoms with Crippen molar-refractivity contribution in [1.29, 1.82) is 0 Å². The molecule has 2 aromatic heterocycles. The second-order valence-electron chi connectivity index (χ2n) is 6.79. The number of nitrogens with one attached hydrogen (secondary N) is 1. The molecule has 132 valence electrons. The summed E-state index contributed by atoms with van der Waals surface area (Å²) >= 11 is 0. The predicted octanol–water partition coefficient (Wildman–Crippen LogP) is 4.21. The number of H-pyrrole nitrogens is 1. The highest BCUT2D eigenvalue weighted by Crippen LogP contribution is 2.42. The van der Waals surface area contributed by atoms with Crippen molar-refractivity contribution < 1.29 is 4.79 Å². The third kappa shape index (κ3) is 2.47. The number of para-hydroxylation sites is 1. The molecule has 5 rings (SSSR count). The quantitative estimate of drug-likeness (QED) is 0.566. The lowest BCUT2D eigenvalue weighted by Crippen LogP contribution is -2.34. The fourth-order valence-electron chi connectivity index (χ4n) is 4.01. The van der Waals surface area contributed by atoms with Crippen molar-refractivity contribution in [2.24, 2.45) is 5.73 Å². The number of aromatic nitrogens is 2. The van der Waals surface area contributed by atoms with Crippen molar-refractivity contribution in [3.63, 3.8) is 0 Å². The number of pyridine rings is 1. The second-order valence-corrected chi connectivity index (χ2v) is 6.79. The van der Waals surface area contributed by atoms with Crippen molar-refractivity contribution in [3.05, 3.63) is 89.7 Å². The highest BCUT2D eigenvalue weighted by atomic mass is 16.2. The van der Waals surface area contributed by atoms with E-state index in [9.17, 15) is 4.79 Å². The summed E-state index contributed by atoms with van der Waals surface area (Å²) in [4.78, 5) is 21.6. The van der Waals surface area contributed by atoms with E-state index in [1.807, 2.05) is 42.6 Å². The molecule has 3 N–H and O–H groups in total. The molecule has 0 saturated heterocycles. The summed E-state index contributed by atoms with van der Waals surface area (Å²) in [6.07, 6.45) is 3.76. The first-order chi connectivity index (χ1) is 13.2. The number of hydrogen-bond donors (Lipinski definition) is 2. The summed E-state index contributed by atoms with van der Waals surface area (Å²) in [5.74, 6) is 0. The van der Waals surface area contributed by atoms with Gasteiger partial charge in [-0.1, -0.05) is 36.4 Å². The van der Waals surface area contributed by atoms with Crippen LogP contribution in [0.15, 0.2) is 73.1 Å². The van der Waals surface area contributed by atoms with Crippen LogP contribution in [0.4, 0.5) is 4.79 Å². The van der Waals surface area contributed by atoms with Gasteiger partial charge >= 0.3 is 6.03 Å². The minimum Gasteiger partial charge on any atom is -0.361 e. The molecule has 0 spiro atoms. The van der Waals surface area contributed by atoms with Gasteiger partial charge in [0.2, 0.25) is 0 Å². The molecule has 3 heterocycles. The Labute approximate surface area is 156 Å². The van der Waals surface area contributed by atoms with Gasteiger partial charge < -0.3 is 15.6 Å². The maximum Gasteiger partial charge on any atom is 0.315 e. The number of nitrogens with zero attached hydrogens (tertiary/aromatic N) is 2. The third-order valence-corrected chi connectivity index (χ3v) is 5.25. The molecular formula is C22H18N4O. The van der Waals surface area contributed by atoms with E-state index >= 15 is 0 Å². The van der Waals surface area contributed by atoms with Gasteiger partial charge in [0.1, 0.15) is 0 Å². The van der Waals surface area contributed by atoms with Crippen molar-refractivity contribution in [2.45, 2.75) is 12.6 Å². The minimum absolute atomic E-state index is 0.188. The summed E-state index contributed by atoms with van der Waals surface area (Å²) in [7, 11) is 0. The summed E-state index contributed by atoms with van der Waals surface area (Å²) in [6, 6.07) is 19.6. The monoisotopic (exact) mass is 354 g/mol. The van der Waals surface area contributed by atoms with Crippen LogP contribution in [-0.2, 0) is 6.54 Å². The Morgan fingerprint density at radius 3 is 2.74 bits per heavy atom. The van der Waals surface area contributed by atoms with E-state index in [0.717, 1.165) is 38.9 Å². The SMILES string of the molecule is NC(=O)N1Cc2cc(-c3ccccn3)ccc2C1c1c[nH]c2ccccc12. The maximum absolute atomic E-state index is 12.2. The van der Waals surface area contributed by atoms with Gasteiger partial charge in [-0.3, -0.25) is 4.98 Å². The molecule has 5 heteroatoms. The number of nitrogens with two attached hydrogens (primary N) is 1. The Hall–Kier alpha value is -3.60. The Balaban J connectivity index is 1.65. The minimum atomic E-state index is -0.416. The molecule has 4 aromatic rings. The van der Waals surface area contributed by atoms with Crippen molar-refractivity contribution >= 4 is 16.9 Å². The van der Waals surface area contributed by atoms with Crippen LogP contribution in [0.2, 0.25) is 0 Å². The van der Waals surface area contributed by atoms with E-state index in [-0.39, 0.29) is 6.04 Å². The number of benzene rings is 2. The number of rotatable bonds is 2. The van der Waals surface area contributed by atoms with Crippen molar-refractivity contribution in [3.8, 4) is 11.3 Å². The molecule has 0 bridgehead atoms. The van der Waals surface area contributed by atoms with E-state index in [1.165, 1.54) is 0 Å². The number of fused-ring (bicyclic) bond motifs is 2. The number of carbonyl (C=O) groups excluding carboxylic acids is 1. The molecule has 2 aromatic carbocycles. The average Bonchev–Trinajstić information content (AvgIpc) is 3.29. The standard InChI is InChI=1S/C22H18N4O/c23-22(27)26-13-15-11-14(19-6-3-4-10-24-19)8-9-16(15)21(26)18-12-25-20-7-2-1-5-17(18)20/h1-12,21,25H,13H2,(H2,23,27). The number of urea groups is 1. The van der Waals surface area contributed by atoms with Gasteiger partial charge in [0.05, 0.1) is 11.7 Å². The molecule has 2 amide bonds. The van der Waals surface area contributed by atoms with Crippen LogP contribution in [0.5, 0.6) is 0 Å². The maximum atomic E-state index is 12.2. The zero-order valence-corrected chi connectivity index (χ0v) is 14.6. The molecule has 1 atom stereocenters. The molecule has 1 aliphatic rings. The number of aromatic amines is 1. The first kappa shape index (κ1) is 15.6. The van der Waals surface area contributed by atoms with Crippen LogP contribution in [-0.4, -0.2) is 20.9 Å². The van der Waals surface area contributed by atoms with E-state index in [4.69, 9.17) is 5.73 Å². The van der Waals surface area contributed by atoms with Crippen LogP contribution in [0, 0.1) is 0 Å². The first-order valence-corrected chi connectivity index (χ1v) is 8.88. The predicted molar refractivity (Wildman–Crippen MR) is 105 cm³/mol. The van der Waals surface area contributed by atoms with Gasteiger partial charge in [0.15, 0.2) is 0 Å². The number of amides is 2. The largest absolute Gasteiger partial charge is 0.361 e. The normalized spacial score (nSPS) is 15.9. The van der Waals surface area contributed by atoms with Gasteiger partial charge in [0, 0.05) is 41.0 Å². The smallest absolute Gasteiger partial charge is 0.315 e. The lowest BCUT2D eigenvalue weighted by atomic mass is 9.95. The molecule has 0 radical (unpaired) electrons. The van der Waals surface area contributed by atoms with Gasteiger partial charge in [0.25, 0.3) is 0 Å². The molecule has 0 aliphatic carbocycles. The summed E-state index contributed by atoms with van der Waals surface area (Å²) in [6.45, 7) is 0.496. The Morgan fingerprint density at radius 2 is 1.93 bits per heavy atom. The lowest BCUT2D eigenvalue weighted by molar-refractivity contribution is 0.199. The fourth-order valence-corrected chi connectivity index (χ4v) is 4.01. The molecule has 1 aliphatic heterocycles. The highest BCUT2D eigenvalue weighted by Gasteiger charge is 2.35. The summed E-state index contributed by atoms with van der Waals surface area (Å²) in [5.41, 5.74) is 12.0.